The lowest BCUT2D eigenvalue weighted by atomic mass is 10.1. The molecule has 0 spiro atoms. The van der Waals surface area contributed by atoms with Gasteiger partial charge in [0.15, 0.2) is 17.5 Å². The van der Waals surface area contributed by atoms with Gasteiger partial charge >= 0.3 is 0 Å². The lowest BCUT2D eigenvalue weighted by Crippen LogP contribution is -2.39. The predicted molar refractivity (Wildman–Crippen MR) is 125 cm³/mol. The number of ether oxygens (including phenoxy) is 3. The van der Waals surface area contributed by atoms with E-state index >= 15 is 0 Å². The number of methoxy groups -OCH3 is 2. The Kier molecular flexibility index (Phi) is 10.8. The molecule has 32 heavy (non-hydrogen) atoms. The van der Waals surface area contributed by atoms with Crippen molar-refractivity contribution in [1.29, 1.82) is 0 Å². The zero-order valence-corrected chi connectivity index (χ0v) is 18.9. The van der Waals surface area contributed by atoms with Gasteiger partial charge in [0, 0.05) is 38.4 Å². The van der Waals surface area contributed by atoms with Gasteiger partial charge in [-0.2, -0.15) is 0 Å². The third-order valence-corrected chi connectivity index (χ3v) is 4.68. The average molecular weight is 445 g/mol. The molecule has 0 aliphatic heterocycles. The van der Waals surface area contributed by atoms with Gasteiger partial charge in [-0.15, -0.1) is 0 Å². The van der Waals surface area contributed by atoms with E-state index in [-0.39, 0.29) is 5.69 Å². The van der Waals surface area contributed by atoms with Gasteiger partial charge in [0.2, 0.25) is 0 Å². The van der Waals surface area contributed by atoms with E-state index in [1.165, 1.54) is 12.1 Å². The van der Waals surface area contributed by atoms with Gasteiger partial charge in [-0.3, -0.25) is 10.1 Å². The van der Waals surface area contributed by atoms with Crippen molar-refractivity contribution in [3.05, 3.63) is 63.7 Å². The average Bonchev–Trinajstić information content (AvgIpc) is 2.82. The fourth-order valence-electron chi connectivity index (χ4n) is 2.95. The van der Waals surface area contributed by atoms with E-state index < -0.39 is 4.92 Å². The summed E-state index contributed by atoms with van der Waals surface area (Å²) >= 11 is 0. The quantitative estimate of drug-likeness (QED) is 0.160. The standard InChI is InChI=1S/C23H32N4O5/c1-4-32-15-5-13-24-23(26-17-19-6-9-20(10-7-19)27(28)29)25-14-12-18-8-11-21(30-2)22(16-18)31-3/h6-11,16H,4-5,12-15,17H2,1-3H3,(H2,24,25,26). The molecule has 0 atom stereocenters. The van der Waals surface area contributed by atoms with E-state index in [1.807, 2.05) is 25.1 Å². The van der Waals surface area contributed by atoms with Crippen molar-refractivity contribution in [3.8, 4) is 11.5 Å². The number of aliphatic imine (C=N–C) groups is 1. The minimum Gasteiger partial charge on any atom is -0.493 e. The highest BCUT2D eigenvalue weighted by atomic mass is 16.6. The van der Waals surface area contributed by atoms with Crippen LogP contribution in [0.4, 0.5) is 5.69 Å². The molecule has 0 heterocycles. The van der Waals surface area contributed by atoms with E-state index in [9.17, 15) is 10.1 Å². The van der Waals surface area contributed by atoms with Crippen molar-refractivity contribution < 1.29 is 19.1 Å². The monoisotopic (exact) mass is 444 g/mol. The SMILES string of the molecule is CCOCCCNC(=NCc1ccc([N+](=O)[O-])cc1)NCCc1ccc(OC)c(OC)c1. The van der Waals surface area contributed by atoms with E-state index in [2.05, 4.69) is 15.6 Å². The predicted octanol–water partition coefficient (Wildman–Crippen LogP) is 3.32. The first-order chi connectivity index (χ1) is 15.6. The topological polar surface area (TPSA) is 107 Å². The van der Waals surface area contributed by atoms with Gasteiger partial charge < -0.3 is 24.8 Å². The summed E-state index contributed by atoms with van der Waals surface area (Å²) in [6.45, 7) is 5.17. The van der Waals surface area contributed by atoms with Crippen molar-refractivity contribution in [2.75, 3.05) is 40.5 Å². The maximum atomic E-state index is 10.8. The number of benzene rings is 2. The molecule has 2 aromatic carbocycles. The lowest BCUT2D eigenvalue weighted by Gasteiger charge is -2.14. The Labute approximate surface area is 188 Å². The minimum atomic E-state index is -0.409. The minimum absolute atomic E-state index is 0.0695. The molecule has 0 saturated heterocycles. The van der Waals surface area contributed by atoms with Crippen molar-refractivity contribution in [3.63, 3.8) is 0 Å². The zero-order chi connectivity index (χ0) is 23.2. The van der Waals surface area contributed by atoms with Crippen LogP contribution in [0.5, 0.6) is 11.5 Å². The van der Waals surface area contributed by atoms with E-state index in [4.69, 9.17) is 14.2 Å². The van der Waals surface area contributed by atoms with Crippen LogP contribution in [0.2, 0.25) is 0 Å². The third-order valence-electron chi connectivity index (χ3n) is 4.68. The van der Waals surface area contributed by atoms with Crippen LogP contribution in [-0.2, 0) is 17.7 Å². The molecule has 0 aliphatic carbocycles. The first-order valence-electron chi connectivity index (χ1n) is 10.6. The number of nitro benzene ring substituents is 1. The highest BCUT2D eigenvalue weighted by Gasteiger charge is 2.06. The van der Waals surface area contributed by atoms with Crippen LogP contribution in [0.3, 0.4) is 0 Å². The van der Waals surface area contributed by atoms with Gasteiger partial charge in [0.05, 0.1) is 25.7 Å². The number of hydrogen-bond acceptors (Lipinski definition) is 6. The van der Waals surface area contributed by atoms with Crippen molar-refractivity contribution >= 4 is 11.6 Å². The summed E-state index contributed by atoms with van der Waals surface area (Å²) in [5, 5.41) is 17.5. The smallest absolute Gasteiger partial charge is 0.269 e. The van der Waals surface area contributed by atoms with Crippen LogP contribution in [0.25, 0.3) is 0 Å². The molecule has 174 valence electrons. The molecule has 0 fully saturated rings. The molecule has 2 rings (SSSR count). The van der Waals surface area contributed by atoms with Crippen LogP contribution in [-0.4, -0.2) is 51.4 Å². The number of nitrogens with zero attached hydrogens (tertiary/aromatic N) is 2. The highest BCUT2D eigenvalue weighted by molar-refractivity contribution is 5.79. The number of non-ortho nitro benzene ring substituents is 1. The molecular weight excluding hydrogens is 412 g/mol. The van der Waals surface area contributed by atoms with Crippen LogP contribution in [0, 0.1) is 10.1 Å². The van der Waals surface area contributed by atoms with Crippen molar-refractivity contribution in [2.24, 2.45) is 4.99 Å². The maximum absolute atomic E-state index is 10.8. The maximum Gasteiger partial charge on any atom is 0.269 e. The molecule has 0 amide bonds. The Morgan fingerprint density at radius 3 is 2.34 bits per heavy atom. The number of hydrogen-bond donors (Lipinski definition) is 2. The summed E-state index contributed by atoms with van der Waals surface area (Å²) in [5.74, 6) is 2.08. The summed E-state index contributed by atoms with van der Waals surface area (Å²) < 4.78 is 16.0. The normalized spacial score (nSPS) is 11.2. The molecule has 2 N–H and O–H groups in total. The summed E-state index contributed by atoms with van der Waals surface area (Å²) in [5.41, 5.74) is 2.08. The van der Waals surface area contributed by atoms with Gasteiger partial charge in [-0.25, -0.2) is 4.99 Å². The summed E-state index contributed by atoms with van der Waals surface area (Å²) in [6, 6.07) is 12.3. The second-order valence-corrected chi connectivity index (χ2v) is 6.93. The Bertz CT molecular complexity index is 871. The first-order valence-corrected chi connectivity index (χ1v) is 10.6. The molecule has 0 aromatic heterocycles. The lowest BCUT2D eigenvalue weighted by molar-refractivity contribution is -0.384. The molecule has 9 nitrogen and oxygen atoms in total. The highest BCUT2D eigenvalue weighted by Crippen LogP contribution is 2.27. The molecule has 0 unspecified atom stereocenters. The number of nitro groups is 1. The molecule has 0 saturated carbocycles. The Balaban J connectivity index is 1.96. The molecule has 0 aliphatic rings. The van der Waals surface area contributed by atoms with E-state index in [1.54, 1.807) is 26.4 Å². The molecule has 0 radical (unpaired) electrons. The largest absolute Gasteiger partial charge is 0.493 e. The summed E-state index contributed by atoms with van der Waals surface area (Å²) in [7, 11) is 3.24. The van der Waals surface area contributed by atoms with Gasteiger partial charge in [-0.05, 0) is 43.0 Å². The van der Waals surface area contributed by atoms with Crippen molar-refractivity contribution in [1.82, 2.24) is 10.6 Å². The van der Waals surface area contributed by atoms with Crippen molar-refractivity contribution in [2.45, 2.75) is 26.3 Å². The van der Waals surface area contributed by atoms with Crippen LogP contribution in [0.1, 0.15) is 24.5 Å². The molecule has 9 heteroatoms. The Morgan fingerprint density at radius 1 is 1.00 bits per heavy atom. The van der Waals surface area contributed by atoms with Crippen LogP contribution < -0.4 is 20.1 Å². The zero-order valence-electron chi connectivity index (χ0n) is 18.9. The molecule has 2 aromatic rings. The number of guanidine groups is 1. The number of rotatable bonds is 13. The number of nitrogens with one attached hydrogen (secondary N) is 2. The van der Waals surface area contributed by atoms with Gasteiger partial charge in [0.25, 0.3) is 5.69 Å². The second-order valence-electron chi connectivity index (χ2n) is 6.93. The van der Waals surface area contributed by atoms with E-state index in [0.717, 1.165) is 30.5 Å². The van der Waals surface area contributed by atoms with Gasteiger partial charge in [-0.1, -0.05) is 18.2 Å². The third kappa shape index (κ3) is 8.43. The first kappa shape index (κ1) is 24.9. The second kappa shape index (κ2) is 13.9. The van der Waals surface area contributed by atoms with E-state index in [0.29, 0.717) is 43.8 Å². The molecular formula is C23H32N4O5. The van der Waals surface area contributed by atoms with Crippen LogP contribution >= 0.6 is 0 Å². The fraction of sp³-hybridized carbons (Fsp3) is 0.435. The fourth-order valence-corrected chi connectivity index (χ4v) is 2.95. The summed E-state index contributed by atoms with van der Waals surface area (Å²) in [6.07, 6.45) is 1.64. The molecule has 0 bridgehead atoms. The van der Waals surface area contributed by atoms with Gasteiger partial charge in [0.1, 0.15) is 0 Å². The Morgan fingerprint density at radius 2 is 1.69 bits per heavy atom. The van der Waals surface area contributed by atoms with Crippen LogP contribution in [0.15, 0.2) is 47.5 Å². The summed E-state index contributed by atoms with van der Waals surface area (Å²) in [4.78, 5) is 15.0. The Hall–Kier alpha value is -3.33.